The smallest absolute Gasteiger partial charge is 0.224 e. The van der Waals surface area contributed by atoms with Crippen LogP contribution in [-0.2, 0) is 11.2 Å². The predicted molar refractivity (Wildman–Crippen MR) is 71.9 cm³/mol. The Bertz CT molecular complexity index is 359. The third kappa shape index (κ3) is 4.19. The molecular formula is C14H22N2O. The minimum atomic E-state index is 0.0585. The molecule has 0 aliphatic carbocycles. The van der Waals surface area contributed by atoms with Crippen LogP contribution in [0.3, 0.4) is 0 Å². The fourth-order valence-corrected chi connectivity index (χ4v) is 1.81. The summed E-state index contributed by atoms with van der Waals surface area (Å²) in [5.41, 5.74) is 7.69. The molecule has 0 bridgehead atoms. The summed E-state index contributed by atoms with van der Waals surface area (Å²) in [6.45, 7) is 4.71. The molecule has 94 valence electrons. The number of hydrogen-bond donors (Lipinski definition) is 2. The number of carbonyl (C=O) groups is 1. The Morgan fingerprint density at radius 2 is 2.06 bits per heavy atom. The number of benzene rings is 1. The third-order valence-corrected chi connectivity index (χ3v) is 3.06. The molecule has 1 unspecified atom stereocenters. The monoisotopic (exact) mass is 234 g/mol. The van der Waals surface area contributed by atoms with Gasteiger partial charge in [0.15, 0.2) is 0 Å². The number of aryl methyl sites for hydroxylation is 1. The number of amides is 1. The lowest BCUT2D eigenvalue weighted by Crippen LogP contribution is -2.22. The SMILES string of the molecule is CCc1ccccc1NC(=O)CC(CC)CN. The predicted octanol–water partition coefficient (Wildman–Crippen LogP) is 2.56. The van der Waals surface area contributed by atoms with E-state index in [0.717, 1.165) is 18.5 Å². The average Bonchev–Trinajstić information content (AvgIpc) is 2.36. The highest BCUT2D eigenvalue weighted by molar-refractivity contribution is 5.91. The van der Waals surface area contributed by atoms with Gasteiger partial charge in [-0.05, 0) is 30.5 Å². The van der Waals surface area contributed by atoms with Crippen LogP contribution < -0.4 is 11.1 Å². The Kier molecular flexibility index (Phi) is 5.70. The second-order valence-corrected chi connectivity index (χ2v) is 4.27. The molecule has 0 aliphatic rings. The van der Waals surface area contributed by atoms with Gasteiger partial charge in [-0.1, -0.05) is 38.5 Å². The van der Waals surface area contributed by atoms with Crippen LogP contribution >= 0.6 is 0 Å². The fraction of sp³-hybridized carbons (Fsp3) is 0.500. The van der Waals surface area contributed by atoms with Gasteiger partial charge in [0.05, 0.1) is 0 Å². The van der Waals surface area contributed by atoms with E-state index in [1.165, 1.54) is 5.56 Å². The van der Waals surface area contributed by atoms with Crippen molar-refractivity contribution in [1.82, 2.24) is 0 Å². The van der Waals surface area contributed by atoms with E-state index in [1.54, 1.807) is 0 Å². The largest absolute Gasteiger partial charge is 0.330 e. The molecule has 1 aromatic rings. The van der Waals surface area contributed by atoms with E-state index < -0.39 is 0 Å². The molecule has 1 amide bonds. The van der Waals surface area contributed by atoms with Gasteiger partial charge in [0, 0.05) is 12.1 Å². The first-order valence-corrected chi connectivity index (χ1v) is 6.29. The Labute approximate surface area is 103 Å². The zero-order valence-corrected chi connectivity index (χ0v) is 10.7. The van der Waals surface area contributed by atoms with E-state index in [1.807, 2.05) is 24.3 Å². The molecular weight excluding hydrogens is 212 g/mol. The van der Waals surface area contributed by atoms with Crippen LogP contribution in [0.2, 0.25) is 0 Å². The lowest BCUT2D eigenvalue weighted by atomic mass is 10.0. The van der Waals surface area contributed by atoms with Crippen molar-refractivity contribution in [2.45, 2.75) is 33.1 Å². The molecule has 0 spiro atoms. The topological polar surface area (TPSA) is 55.1 Å². The highest BCUT2D eigenvalue weighted by Gasteiger charge is 2.11. The molecule has 0 saturated heterocycles. The quantitative estimate of drug-likeness (QED) is 0.794. The number of anilines is 1. The standard InChI is InChI=1S/C14H22N2O/c1-3-11(10-15)9-14(17)16-13-8-6-5-7-12(13)4-2/h5-8,11H,3-4,9-10,15H2,1-2H3,(H,16,17). The van der Waals surface area contributed by atoms with Crippen molar-refractivity contribution < 1.29 is 4.79 Å². The number of hydrogen-bond acceptors (Lipinski definition) is 2. The molecule has 0 aromatic heterocycles. The number of nitrogens with one attached hydrogen (secondary N) is 1. The van der Waals surface area contributed by atoms with E-state index in [4.69, 9.17) is 5.73 Å². The van der Waals surface area contributed by atoms with Crippen molar-refractivity contribution in [3.63, 3.8) is 0 Å². The maximum atomic E-state index is 11.8. The minimum Gasteiger partial charge on any atom is -0.330 e. The first kappa shape index (κ1) is 13.7. The lowest BCUT2D eigenvalue weighted by molar-refractivity contribution is -0.117. The van der Waals surface area contributed by atoms with Crippen molar-refractivity contribution in [2.75, 3.05) is 11.9 Å². The summed E-state index contributed by atoms with van der Waals surface area (Å²) in [5.74, 6) is 0.340. The number of rotatable bonds is 6. The summed E-state index contributed by atoms with van der Waals surface area (Å²) in [4.78, 5) is 11.8. The van der Waals surface area contributed by atoms with Crippen molar-refractivity contribution in [1.29, 1.82) is 0 Å². The van der Waals surface area contributed by atoms with Gasteiger partial charge < -0.3 is 11.1 Å². The second kappa shape index (κ2) is 7.07. The lowest BCUT2D eigenvalue weighted by Gasteiger charge is -2.13. The average molecular weight is 234 g/mol. The summed E-state index contributed by atoms with van der Waals surface area (Å²) in [5, 5.41) is 2.97. The maximum absolute atomic E-state index is 11.8. The van der Waals surface area contributed by atoms with Crippen molar-refractivity contribution in [3.05, 3.63) is 29.8 Å². The van der Waals surface area contributed by atoms with E-state index in [2.05, 4.69) is 19.2 Å². The molecule has 0 heterocycles. The maximum Gasteiger partial charge on any atom is 0.224 e. The van der Waals surface area contributed by atoms with Crippen molar-refractivity contribution in [3.8, 4) is 0 Å². The van der Waals surface area contributed by atoms with Gasteiger partial charge >= 0.3 is 0 Å². The summed E-state index contributed by atoms with van der Waals surface area (Å²) in [6.07, 6.45) is 2.37. The van der Waals surface area contributed by atoms with Gasteiger partial charge in [0.1, 0.15) is 0 Å². The Hall–Kier alpha value is -1.35. The summed E-state index contributed by atoms with van der Waals surface area (Å²) in [7, 11) is 0. The summed E-state index contributed by atoms with van der Waals surface area (Å²) in [6, 6.07) is 7.91. The summed E-state index contributed by atoms with van der Waals surface area (Å²) >= 11 is 0. The Balaban J connectivity index is 2.61. The Morgan fingerprint density at radius 3 is 2.65 bits per heavy atom. The van der Waals surface area contributed by atoms with Crippen LogP contribution in [0.25, 0.3) is 0 Å². The van der Waals surface area contributed by atoms with E-state index in [0.29, 0.717) is 13.0 Å². The zero-order valence-electron chi connectivity index (χ0n) is 10.7. The molecule has 0 radical (unpaired) electrons. The van der Waals surface area contributed by atoms with Crippen molar-refractivity contribution in [2.24, 2.45) is 11.7 Å². The molecule has 3 nitrogen and oxygen atoms in total. The highest BCUT2D eigenvalue weighted by atomic mass is 16.1. The second-order valence-electron chi connectivity index (χ2n) is 4.27. The molecule has 1 aromatic carbocycles. The molecule has 0 fully saturated rings. The van der Waals surface area contributed by atoms with Crippen LogP contribution in [-0.4, -0.2) is 12.5 Å². The zero-order chi connectivity index (χ0) is 12.7. The third-order valence-electron chi connectivity index (χ3n) is 3.06. The molecule has 1 rings (SSSR count). The van der Waals surface area contributed by atoms with Gasteiger partial charge in [0.25, 0.3) is 0 Å². The normalized spacial score (nSPS) is 12.2. The van der Waals surface area contributed by atoms with Gasteiger partial charge in [-0.3, -0.25) is 4.79 Å². The minimum absolute atomic E-state index is 0.0585. The first-order chi connectivity index (χ1) is 8.21. The molecule has 0 aliphatic heterocycles. The highest BCUT2D eigenvalue weighted by Crippen LogP contribution is 2.16. The van der Waals surface area contributed by atoms with Crippen LogP contribution in [0.15, 0.2) is 24.3 Å². The van der Waals surface area contributed by atoms with Crippen LogP contribution in [0.1, 0.15) is 32.3 Å². The molecule has 1 atom stereocenters. The molecule has 0 saturated carbocycles. The fourth-order valence-electron chi connectivity index (χ4n) is 1.81. The molecule has 3 heteroatoms. The number of nitrogens with two attached hydrogens (primary N) is 1. The van der Waals surface area contributed by atoms with E-state index in [9.17, 15) is 4.79 Å². The van der Waals surface area contributed by atoms with E-state index >= 15 is 0 Å². The number of carbonyl (C=O) groups excluding carboxylic acids is 1. The summed E-state index contributed by atoms with van der Waals surface area (Å²) < 4.78 is 0. The van der Waals surface area contributed by atoms with E-state index in [-0.39, 0.29) is 11.8 Å². The molecule has 3 N–H and O–H groups in total. The number of para-hydroxylation sites is 1. The van der Waals surface area contributed by atoms with Gasteiger partial charge in [-0.15, -0.1) is 0 Å². The van der Waals surface area contributed by atoms with Crippen LogP contribution in [0.5, 0.6) is 0 Å². The van der Waals surface area contributed by atoms with Gasteiger partial charge in [-0.2, -0.15) is 0 Å². The van der Waals surface area contributed by atoms with Crippen molar-refractivity contribution >= 4 is 11.6 Å². The van der Waals surface area contributed by atoms with Crippen LogP contribution in [0, 0.1) is 5.92 Å². The van der Waals surface area contributed by atoms with Gasteiger partial charge in [0.2, 0.25) is 5.91 Å². The van der Waals surface area contributed by atoms with Crippen LogP contribution in [0.4, 0.5) is 5.69 Å². The Morgan fingerprint density at radius 1 is 1.35 bits per heavy atom. The van der Waals surface area contributed by atoms with Gasteiger partial charge in [-0.25, -0.2) is 0 Å². The first-order valence-electron chi connectivity index (χ1n) is 6.29. The molecule has 17 heavy (non-hydrogen) atoms.